The Morgan fingerprint density at radius 3 is 2.38 bits per heavy atom. The summed E-state index contributed by atoms with van der Waals surface area (Å²) in [5.74, 6) is -1.07. The second-order valence-corrected chi connectivity index (χ2v) is 6.93. The summed E-state index contributed by atoms with van der Waals surface area (Å²) in [5, 5.41) is 20.3. The zero-order chi connectivity index (χ0) is 20.6. The minimum absolute atomic E-state index is 0.000990. The normalized spacial score (nSPS) is 11.8. The van der Waals surface area contributed by atoms with Gasteiger partial charge < -0.3 is 10.4 Å². The van der Waals surface area contributed by atoms with Crippen LogP contribution in [-0.4, -0.2) is 38.0 Å². The Hall–Kier alpha value is -3.48. The Morgan fingerprint density at radius 1 is 1.07 bits per heavy atom. The lowest BCUT2D eigenvalue weighted by Gasteiger charge is -2.18. The van der Waals surface area contributed by atoms with E-state index in [2.05, 4.69) is 15.6 Å². The molecule has 1 unspecified atom stereocenters. The van der Waals surface area contributed by atoms with Crippen molar-refractivity contribution < 1.29 is 14.7 Å². The third kappa shape index (κ3) is 5.75. The maximum absolute atomic E-state index is 12.6. The molecule has 0 radical (unpaired) electrons. The van der Waals surface area contributed by atoms with Crippen molar-refractivity contribution in [2.45, 2.75) is 38.6 Å². The number of amides is 1. The van der Waals surface area contributed by atoms with E-state index in [4.69, 9.17) is 5.11 Å². The van der Waals surface area contributed by atoms with E-state index in [1.54, 1.807) is 4.68 Å². The van der Waals surface area contributed by atoms with Crippen LogP contribution in [0.25, 0.3) is 5.69 Å². The molecule has 150 valence electrons. The molecule has 7 nitrogen and oxygen atoms in total. The summed E-state index contributed by atoms with van der Waals surface area (Å²) < 4.78 is 1.70. The molecule has 0 fully saturated rings. The molecule has 0 saturated heterocycles. The number of carbonyl (C=O) groups excluding carboxylic acids is 1. The summed E-state index contributed by atoms with van der Waals surface area (Å²) in [5.41, 5.74) is 3.33. The van der Waals surface area contributed by atoms with Crippen molar-refractivity contribution in [3.63, 3.8) is 0 Å². The molecular formula is C22H24N4O3. The predicted octanol–water partition coefficient (Wildman–Crippen LogP) is 2.71. The number of carboxylic acid groups (broad SMARTS) is 1. The lowest BCUT2D eigenvalue weighted by Crippen LogP contribution is -2.38. The topological polar surface area (TPSA) is 97.1 Å². The van der Waals surface area contributed by atoms with Crippen molar-refractivity contribution in [3.05, 3.63) is 77.6 Å². The molecular weight excluding hydrogens is 368 g/mol. The van der Waals surface area contributed by atoms with Crippen LogP contribution >= 0.6 is 0 Å². The molecule has 2 N–H and O–H groups in total. The number of rotatable bonds is 9. The quantitative estimate of drug-likeness (QED) is 0.584. The van der Waals surface area contributed by atoms with Crippen LogP contribution in [0.5, 0.6) is 0 Å². The molecule has 3 rings (SSSR count). The highest BCUT2D eigenvalue weighted by molar-refractivity contribution is 5.78. The molecule has 2 aromatic carbocycles. The summed E-state index contributed by atoms with van der Waals surface area (Å²) in [6.45, 7) is 1.88. The van der Waals surface area contributed by atoms with Crippen LogP contribution in [0, 0.1) is 6.92 Å². The Morgan fingerprint density at radius 2 is 1.72 bits per heavy atom. The Bertz CT molecular complexity index is 955. The first-order valence-corrected chi connectivity index (χ1v) is 9.54. The molecule has 0 aliphatic carbocycles. The minimum Gasteiger partial charge on any atom is -0.481 e. The number of carbonyl (C=O) groups is 2. The van der Waals surface area contributed by atoms with Gasteiger partial charge in [0, 0.05) is 12.5 Å². The summed E-state index contributed by atoms with van der Waals surface area (Å²) in [6, 6.07) is 19.1. The number of aliphatic carboxylic acids is 1. The highest BCUT2D eigenvalue weighted by Gasteiger charge is 2.18. The molecule has 29 heavy (non-hydrogen) atoms. The van der Waals surface area contributed by atoms with Gasteiger partial charge >= 0.3 is 5.97 Å². The Balaban J connectivity index is 1.66. The lowest BCUT2D eigenvalue weighted by molar-refractivity contribution is -0.137. The molecule has 0 aliphatic rings. The van der Waals surface area contributed by atoms with Crippen LogP contribution in [0.4, 0.5) is 0 Å². The van der Waals surface area contributed by atoms with E-state index in [1.165, 1.54) is 0 Å². The lowest BCUT2D eigenvalue weighted by atomic mass is 10.0. The van der Waals surface area contributed by atoms with Gasteiger partial charge in [-0.25, -0.2) is 4.68 Å². The van der Waals surface area contributed by atoms with Crippen LogP contribution in [0.15, 0.2) is 60.7 Å². The van der Waals surface area contributed by atoms with Gasteiger partial charge in [0.15, 0.2) is 0 Å². The highest BCUT2D eigenvalue weighted by Crippen LogP contribution is 2.13. The second kappa shape index (κ2) is 9.64. The molecule has 0 bridgehead atoms. The van der Waals surface area contributed by atoms with Crippen molar-refractivity contribution in [1.82, 2.24) is 20.3 Å². The molecule has 7 heteroatoms. The van der Waals surface area contributed by atoms with Gasteiger partial charge in [0.05, 0.1) is 23.5 Å². The second-order valence-electron chi connectivity index (χ2n) is 6.93. The first kappa shape index (κ1) is 20.3. The van der Waals surface area contributed by atoms with Gasteiger partial charge in [-0.05, 0) is 37.5 Å². The highest BCUT2D eigenvalue weighted by atomic mass is 16.4. The predicted molar refractivity (Wildman–Crippen MR) is 109 cm³/mol. The standard InChI is InChI=1S/C22H24N4O3/c1-16-20(24-25-26(16)19-10-6-3-7-11-19)15-21(27)23-18(12-13-22(28)29)14-17-8-4-2-5-9-17/h2-11,18H,12-15H2,1H3,(H,23,27)(H,28,29). The summed E-state index contributed by atoms with van der Waals surface area (Å²) in [4.78, 5) is 23.6. The number of para-hydroxylation sites is 1. The van der Waals surface area contributed by atoms with Crippen LogP contribution in [-0.2, 0) is 22.4 Å². The smallest absolute Gasteiger partial charge is 0.303 e. The fourth-order valence-electron chi connectivity index (χ4n) is 3.19. The largest absolute Gasteiger partial charge is 0.481 e. The average Bonchev–Trinajstić information content (AvgIpc) is 3.07. The van der Waals surface area contributed by atoms with Crippen LogP contribution in [0.1, 0.15) is 29.8 Å². The monoisotopic (exact) mass is 392 g/mol. The van der Waals surface area contributed by atoms with Crippen LogP contribution in [0.3, 0.4) is 0 Å². The van der Waals surface area contributed by atoms with Gasteiger partial charge in [-0.1, -0.05) is 53.7 Å². The van der Waals surface area contributed by atoms with E-state index in [9.17, 15) is 9.59 Å². The number of nitrogens with zero attached hydrogens (tertiary/aromatic N) is 3. The maximum atomic E-state index is 12.6. The number of hydrogen-bond acceptors (Lipinski definition) is 4. The van der Waals surface area contributed by atoms with Crippen LogP contribution in [0.2, 0.25) is 0 Å². The van der Waals surface area contributed by atoms with Gasteiger partial charge in [-0.15, -0.1) is 5.10 Å². The van der Waals surface area contributed by atoms with Crippen molar-refractivity contribution in [1.29, 1.82) is 0 Å². The molecule has 0 saturated carbocycles. The van der Waals surface area contributed by atoms with Gasteiger partial charge in [-0.2, -0.15) is 0 Å². The van der Waals surface area contributed by atoms with E-state index in [-0.39, 0.29) is 24.8 Å². The maximum Gasteiger partial charge on any atom is 0.303 e. The van der Waals surface area contributed by atoms with Crippen molar-refractivity contribution in [3.8, 4) is 5.69 Å². The summed E-state index contributed by atoms with van der Waals surface area (Å²) in [6.07, 6.45) is 1.04. The minimum atomic E-state index is -0.876. The van der Waals surface area contributed by atoms with Gasteiger partial charge in [0.1, 0.15) is 0 Å². The summed E-state index contributed by atoms with van der Waals surface area (Å²) in [7, 11) is 0. The number of benzene rings is 2. The zero-order valence-electron chi connectivity index (χ0n) is 16.3. The third-order valence-electron chi connectivity index (χ3n) is 4.72. The number of carboxylic acids is 1. The zero-order valence-corrected chi connectivity index (χ0v) is 16.3. The van der Waals surface area contributed by atoms with Gasteiger partial charge in [0.25, 0.3) is 0 Å². The number of nitrogens with one attached hydrogen (secondary N) is 1. The SMILES string of the molecule is Cc1c(CC(=O)NC(CCC(=O)O)Cc2ccccc2)nnn1-c1ccccc1. The molecule has 1 heterocycles. The van der Waals surface area contributed by atoms with Gasteiger partial charge in [-0.3, -0.25) is 9.59 Å². The van der Waals surface area contributed by atoms with E-state index in [0.29, 0.717) is 18.5 Å². The Labute approximate surface area is 169 Å². The first-order valence-electron chi connectivity index (χ1n) is 9.54. The fourth-order valence-corrected chi connectivity index (χ4v) is 3.19. The number of hydrogen-bond donors (Lipinski definition) is 2. The van der Waals surface area contributed by atoms with Crippen LogP contribution < -0.4 is 5.32 Å². The summed E-state index contributed by atoms with van der Waals surface area (Å²) >= 11 is 0. The number of aromatic nitrogens is 3. The van der Waals surface area contributed by atoms with E-state index < -0.39 is 5.97 Å². The molecule has 1 aromatic heterocycles. The molecule has 0 aliphatic heterocycles. The average molecular weight is 392 g/mol. The van der Waals surface area contributed by atoms with Crippen molar-refractivity contribution in [2.75, 3.05) is 0 Å². The van der Waals surface area contributed by atoms with Crippen molar-refractivity contribution in [2.24, 2.45) is 0 Å². The molecule has 3 aromatic rings. The molecule has 1 atom stereocenters. The Kier molecular flexibility index (Phi) is 6.73. The van der Waals surface area contributed by atoms with E-state index >= 15 is 0 Å². The molecule has 1 amide bonds. The van der Waals surface area contributed by atoms with E-state index in [0.717, 1.165) is 16.9 Å². The van der Waals surface area contributed by atoms with E-state index in [1.807, 2.05) is 67.6 Å². The molecule has 0 spiro atoms. The van der Waals surface area contributed by atoms with Gasteiger partial charge in [0.2, 0.25) is 5.91 Å². The third-order valence-corrected chi connectivity index (χ3v) is 4.72. The fraction of sp³-hybridized carbons (Fsp3) is 0.273. The van der Waals surface area contributed by atoms with Crippen molar-refractivity contribution >= 4 is 11.9 Å². The first-order chi connectivity index (χ1) is 14.0.